The number of rotatable bonds is 6. The largest absolute Gasteiger partial charge is 0.573 e. The first kappa shape index (κ1) is 20.9. The van der Waals surface area contributed by atoms with Crippen molar-refractivity contribution in [2.45, 2.75) is 39.6 Å². The molecule has 1 N–H and O–H groups in total. The molecule has 3 rings (SSSR count). The summed E-state index contributed by atoms with van der Waals surface area (Å²) in [5.74, 6) is 0.0666. The summed E-state index contributed by atoms with van der Waals surface area (Å²) in [5.41, 5.74) is 0.425. The van der Waals surface area contributed by atoms with E-state index in [-0.39, 0.29) is 23.0 Å². The highest BCUT2D eigenvalue weighted by Crippen LogP contribution is 2.41. The van der Waals surface area contributed by atoms with Crippen LogP contribution in [0.15, 0.2) is 42.1 Å². The molecule has 1 fully saturated rings. The van der Waals surface area contributed by atoms with Crippen molar-refractivity contribution in [2.24, 2.45) is 22.4 Å². The Kier molecular flexibility index (Phi) is 5.99. The first-order chi connectivity index (χ1) is 13.7. The van der Waals surface area contributed by atoms with E-state index in [0.717, 1.165) is 12.8 Å². The van der Waals surface area contributed by atoms with Crippen LogP contribution in [0.25, 0.3) is 0 Å². The van der Waals surface area contributed by atoms with Crippen molar-refractivity contribution in [3.63, 3.8) is 0 Å². The van der Waals surface area contributed by atoms with E-state index in [1.54, 1.807) is 11.0 Å². The van der Waals surface area contributed by atoms with Crippen LogP contribution in [-0.4, -0.2) is 38.7 Å². The van der Waals surface area contributed by atoms with Gasteiger partial charge < -0.3 is 14.7 Å². The predicted molar refractivity (Wildman–Crippen MR) is 97.9 cm³/mol. The van der Waals surface area contributed by atoms with Crippen LogP contribution in [0.4, 0.5) is 13.2 Å². The average molecular weight is 412 g/mol. The number of hydrogen-bond acceptors (Lipinski definition) is 6. The molecule has 0 bridgehead atoms. The number of halogens is 3. The van der Waals surface area contributed by atoms with Crippen molar-refractivity contribution in [3.05, 3.63) is 36.9 Å². The molecule has 0 spiro atoms. The predicted octanol–water partition coefficient (Wildman–Crippen LogP) is 4.14. The van der Waals surface area contributed by atoms with Gasteiger partial charge in [-0.1, -0.05) is 19.0 Å². The van der Waals surface area contributed by atoms with Gasteiger partial charge >= 0.3 is 6.36 Å². The summed E-state index contributed by atoms with van der Waals surface area (Å²) in [4.78, 5) is 3.95. The first-order valence-electron chi connectivity index (χ1n) is 9.21. The molecule has 29 heavy (non-hydrogen) atoms. The fourth-order valence-corrected chi connectivity index (χ4v) is 3.71. The summed E-state index contributed by atoms with van der Waals surface area (Å²) in [5, 5.41) is 17.4. The van der Waals surface area contributed by atoms with Crippen LogP contribution in [0.3, 0.4) is 0 Å². The number of nitrogens with zero attached hydrogens (tertiary/aromatic N) is 4. The number of aromatic nitrogens is 3. The first-order valence-corrected chi connectivity index (χ1v) is 9.21. The monoisotopic (exact) mass is 412 g/mol. The maximum absolute atomic E-state index is 12.3. The van der Waals surface area contributed by atoms with E-state index < -0.39 is 6.36 Å². The third-order valence-corrected chi connectivity index (χ3v) is 5.23. The van der Waals surface area contributed by atoms with E-state index >= 15 is 0 Å². The normalized spacial score (nSPS) is 23.1. The standard InChI is InChI=1S/C19H23F3N4O3/c1-18(2)8-7-13(16(17(18)25-27)9-26-12-23-11-24-26)10-28-14-3-5-15(6-4-14)29-19(20,21)22/h3-6,11-13,16,27H,7-10H2,1-2H3/b25-17+/t13-,16-/m0/s1. The van der Waals surface area contributed by atoms with Crippen molar-refractivity contribution in [1.29, 1.82) is 0 Å². The van der Waals surface area contributed by atoms with Gasteiger partial charge in [-0.3, -0.25) is 4.68 Å². The molecule has 7 nitrogen and oxygen atoms in total. The van der Waals surface area contributed by atoms with Crippen LogP contribution in [0, 0.1) is 17.3 Å². The average Bonchev–Trinajstić information content (AvgIpc) is 3.14. The van der Waals surface area contributed by atoms with Crippen LogP contribution in [-0.2, 0) is 6.54 Å². The summed E-state index contributed by atoms with van der Waals surface area (Å²) < 4.78 is 48.2. The lowest BCUT2D eigenvalue weighted by Gasteiger charge is -2.41. The lowest BCUT2D eigenvalue weighted by Crippen LogP contribution is -2.44. The van der Waals surface area contributed by atoms with Gasteiger partial charge in [0.15, 0.2) is 0 Å². The van der Waals surface area contributed by atoms with Gasteiger partial charge in [-0.2, -0.15) is 5.10 Å². The second kappa shape index (κ2) is 8.30. The topological polar surface area (TPSA) is 81.8 Å². The summed E-state index contributed by atoms with van der Waals surface area (Å²) >= 11 is 0. The van der Waals surface area contributed by atoms with Gasteiger partial charge in [0.25, 0.3) is 0 Å². The molecular formula is C19H23F3N4O3. The van der Waals surface area contributed by atoms with Crippen molar-refractivity contribution in [1.82, 2.24) is 14.8 Å². The fourth-order valence-electron chi connectivity index (χ4n) is 3.71. The van der Waals surface area contributed by atoms with Crippen LogP contribution in [0.2, 0.25) is 0 Å². The van der Waals surface area contributed by atoms with Crippen LogP contribution < -0.4 is 9.47 Å². The highest BCUT2D eigenvalue weighted by atomic mass is 19.4. The van der Waals surface area contributed by atoms with Crippen LogP contribution >= 0.6 is 0 Å². The van der Waals surface area contributed by atoms with Gasteiger partial charge in [0.1, 0.15) is 24.2 Å². The molecule has 0 unspecified atom stereocenters. The second-order valence-corrected chi connectivity index (χ2v) is 7.72. The Hall–Kier alpha value is -2.78. The SMILES string of the molecule is CC1(C)CC[C@@H](COc2ccc(OC(F)(F)F)cc2)[C@H](Cn2cncn2)/C1=N\O. The minimum absolute atomic E-state index is 0.0456. The molecule has 0 radical (unpaired) electrons. The number of alkyl halides is 3. The fraction of sp³-hybridized carbons (Fsp3) is 0.526. The van der Waals surface area contributed by atoms with Crippen molar-refractivity contribution >= 4 is 5.71 Å². The molecule has 1 aliphatic rings. The van der Waals surface area contributed by atoms with E-state index in [2.05, 4.69) is 20.0 Å². The number of oxime groups is 1. The molecule has 10 heteroatoms. The molecule has 1 heterocycles. The molecule has 1 aromatic heterocycles. The van der Waals surface area contributed by atoms with Crippen molar-refractivity contribution < 1.29 is 27.9 Å². The van der Waals surface area contributed by atoms with E-state index in [1.807, 2.05) is 13.8 Å². The van der Waals surface area contributed by atoms with Crippen molar-refractivity contribution in [3.8, 4) is 11.5 Å². The lowest BCUT2D eigenvalue weighted by molar-refractivity contribution is -0.274. The van der Waals surface area contributed by atoms with E-state index in [1.165, 1.54) is 30.6 Å². The van der Waals surface area contributed by atoms with Gasteiger partial charge in [-0.15, -0.1) is 13.2 Å². The zero-order valence-electron chi connectivity index (χ0n) is 16.1. The molecule has 0 saturated heterocycles. The van der Waals surface area contributed by atoms with Gasteiger partial charge in [0, 0.05) is 17.3 Å². The van der Waals surface area contributed by atoms with Gasteiger partial charge in [0.2, 0.25) is 0 Å². The van der Waals surface area contributed by atoms with E-state index in [0.29, 0.717) is 24.6 Å². The zero-order valence-corrected chi connectivity index (χ0v) is 16.1. The number of hydrogen-bond donors (Lipinski definition) is 1. The Morgan fingerprint density at radius 1 is 1.24 bits per heavy atom. The zero-order chi connectivity index (χ0) is 21.1. The molecule has 1 aromatic carbocycles. The summed E-state index contributed by atoms with van der Waals surface area (Å²) in [6.45, 7) is 4.89. The van der Waals surface area contributed by atoms with E-state index in [4.69, 9.17) is 4.74 Å². The third-order valence-electron chi connectivity index (χ3n) is 5.23. The van der Waals surface area contributed by atoms with Gasteiger partial charge in [0.05, 0.1) is 18.9 Å². The summed E-state index contributed by atoms with van der Waals surface area (Å²) in [7, 11) is 0. The minimum Gasteiger partial charge on any atom is -0.493 e. The number of benzene rings is 1. The maximum Gasteiger partial charge on any atom is 0.573 e. The van der Waals surface area contributed by atoms with Crippen LogP contribution in [0.5, 0.6) is 11.5 Å². The molecule has 2 aromatic rings. The Labute approximate surface area is 166 Å². The Morgan fingerprint density at radius 2 is 1.93 bits per heavy atom. The molecule has 0 aliphatic heterocycles. The molecule has 1 aliphatic carbocycles. The van der Waals surface area contributed by atoms with E-state index in [9.17, 15) is 18.4 Å². The second-order valence-electron chi connectivity index (χ2n) is 7.72. The highest BCUT2D eigenvalue weighted by molar-refractivity contribution is 5.92. The number of ether oxygens (including phenoxy) is 2. The Bertz CT molecular complexity index is 820. The van der Waals surface area contributed by atoms with Gasteiger partial charge in [-0.05, 0) is 37.1 Å². The maximum atomic E-state index is 12.3. The third kappa shape index (κ3) is 5.39. The smallest absolute Gasteiger partial charge is 0.493 e. The van der Waals surface area contributed by atoms with Crippen molar-refractivity contribution in [2.75, 3.05) is 6.61 Å². The molecule has 1 saturated carbocycles. The molecule has 0 amide bonds. The summed E-state index contributed by atoms with van der Waals surface area (Å²) in [6.07, 6.45) is -0.00707. The lowest BCUT2D eigenvalue weighted by atomic mass is 9.65. The summed E-state index contributed by atoms with van der Waals surface area (Å²) in [6, 6.07) is 5.28. The minimum atomic E-state index is -4.73. The molecule has 2 atom stereocenters. The quantitative estimate of drug-likeness (QED) is 0.570. The molecular weight excluding hydrogens is 389 g/mol. The highest BCUT2D eigenvalue weighted by Gasteiger charge is 2.42. The Morgan fingerprint density at radius 3 is 2.52 bits per heavy atom. The van der Waals surface area contributed by atoms with Crippen LogP contribution in [0.1, 0.15) is 26.7 Å². The van der Waals surface area contributed by atoms with Gasteiger partial charge in [-0.25, -0.2) is 4.98 Å². The molecule has 158 valence electrons. The Balaban J connectivity index is 1.69.